The minimum atomic E-state index is -0.489. The second-order valence-electron chi connectivity index (χ2n) is 9.00. The van der Waals surface area contributed by atoms with Crippen LogP contribution in [0, 0.1) is 5.82 Å². The Balaban J connectivity index is 1.47. The number of hydrogen-bond acceptors (Lipinski definition) is 6. The monoisotopic (exact) mass is 490 g/mol. The molecule has 1 aliphatic heterocycles. The van der Waals surface area contributed by atoms with E-state index in [0.717, 1.165) is 4.57 Å². The first kappa shape index (κ1) is 23.7. The van der Waals surface area contributed by atoms with E-state index in [-0.39, 0.29) is 29.3 Å². The van der Waals surface area contributed by atoms with Crippen LogP contribution in [0.4, 0.5) is 10.1 Å². The average Bonchev–Trinajstić information content (AvgIpc) is 3.25. The summed E-state index contributed by atoms with van der Waals surface area (Å²) < 4.78 is 18.2. The van der Waals surface area contributed by atoms with Crippen LogP contribution in [0.3, 0.4) is 0 Å². The molecular formula is C26H27FN6O3. The van der Waals surface area contributed by atoms with E-state index in [1.165, 1.54) is 17.7 Å². The van der Waals surface area contributed by atoms with E-state index >= 15 is 0 Å². The number of carbonyl (C=O) groups is 1. The number of ketones is 1. The summed E-state index contributed by atoms with van der Waals surface area (Å²) >= 11 is 0. The van der Waals surface area contributed by atoms with Crippen LogP contribution in [0.15, 0.2) is 64.2 Å². The number of rotatable bonds is 6. The van der Waals surface area contributed by atoms with Gasteiger partial charge in [-0.2, -0.15) is 0 Å². The third-order valence-corrected chi connectivity index (χ3v) is 6.75. The van der Waals surface area contributed by atoms with Crippen molar-refractivity contribution in [1.82, 2.24) is 23.6 Å². The number of fused-ring (bicyclic) bond motifs is 1. The largest absolute Gasteiger partial charge is 0.367 e. The lowest BCUT2D eigenvalue weighted by Gasteiger charge is -2.36. The molecule has 1 fully saturated rings. The van der Waals surface area contributed by atoms with Gasteiger partial charge in [0.05, 0.1) is 18.8 Å². The quantitative estimate of drug-likeness (QED) is 0.383. The van der Waals surface area contributed by atoms with Crippen LogP contribution in [-0.4, -0.2) is 55.5 Å². The first-order valence-corrected chi connectivity index (χ1v) is 11.8. The molecule has 0 bridgehead atoms. The molecule has 1 saturated heterocycles. The van der Waals surface area contributed by atoms with Crippen LogP contribution in [0.25, 0.3) is 11.2 Å². The SMILES string of the molecule is Cn1c(=O)c2c(nc(CN3CCN(c4ccccc4F)CC3)n2CC(=O)c2ccccc2)n(C)c1=O. The molecular weight excluding hydrogens is 463 g/mol. The Morgan fingerprint density at radius 3 is 2.28 bits per heavy atom. The van der Waals surface area contributed by atoms with Gasteiger partial charge in [0.1, 0.15) is 11.6 Å². The summed E-state index contributed by atoms with van der Waals surface area (Å²) in [5.74, 6) is 0.132. The van der Waals surface area contributed by atoms with Crippen molar-refractivity contribution >= 4 is 22.6 Å². The smallest absolute Gasteiger partial charge is 0.332 e. The van der Waals surface area contributed by atoms with Gasteiger partial charge in [0.25, 0.3) is 5.56 Å². The summed E-state index contributed by atoms with van der Waals surface area (Å²) in [4.78, 5) is 47.5. The van der Waals surface area contributed by atoms with Crippen molar-refractivity contribution in [3.8, 4) is 0 Å². The van der Waals surface area contributed by atoms with Crippen molar-refractivity contribution in [1.29, 1.82) is 0 Å². The van der Waals surface area contributed by atoms with Crippen LogP contribution in [0.2, 0.25) is 0 Å². The van der Waals surface area contributed by atoms with Gasteiger partial charge in [-0.05, 0) is 12.1 Å². The lowest BCUT2D eigenvalue weighted by atomic mass is 10.1. The van der Waals surface area contributed by atoms with Crippen molar-refractivity contribution in [2.45, 2.75) is 13.1 Å². The first-order valence-electron chi connectivity index (χ1n) is 11.8. The predicted molar refractivity (Wildman–Crippen MR) is 135 cm³/mol. The summed E-state index contributed by atoms with van der Waals surface area (Å²) in [5.41, 5.74) is 0.628. The van der Waals surface area contributed by atoms with Crippen molar-refractivity contribution in [3.05, 3.63) is 92.6 Å². The molecule has 0 N–H and O–H groups in total. The van der Waals surface area contributed by atoms with Crippen LogP contribution < -0.4 is 16.1 Å². The van der Waals surface area contributed by atoms with E-state index in [2.05, 4.69) is 9.88 Å². The third kappa shape index (κ3) is 4.24. The Morgan fingerprint density at radius 1 is 0.917 bits per heavy atom. The number of benzene rings is 2. The molecule has 9 nitrogen and oxygen atoms in total. The van der Waals surface area contributed by atoms with Gasteiger partial charge in [-0.15, -0.1) is 0 Å². The van der Waals surface area contributed by atoms with E-state index in [4.69, 9.17) is 0 Å². The zero-order valence-corrected chi connectivity index (χ0v) is 20.2. The molecule has 0 aliphatic carbocycles. The number of aryl methyl sites for hydroxylation is 1. The zero-order valence-electron chi connectivity index (χ0n) is 20.2. The van der Waals surface area contributed by atoms with Crippen molar-refractivity contribution < 1.29 is 9.18 Å². The van der Waals surface area contributed by atoms with E-state index < -0.39 is 11.2 Å². The van der Waals surface area contributed by atoms with E-state index in [9.17, 15) is 18.8 Å². The van der Waals surface area contributed by atoms with Crippen LogP contribution in [-0.2, 0) is 27.2 Å². The molecule has 10 heteroatoms. The maximum absolute atomic E-state index is 14.2. The lowest BCUT2D eigenvalue weighted by molar-refractivity contribution is 0.0971. The number of Topliss-reactive ketones (excluding diaryl/α,β-unsaturated/α-hetero) is 1. The predicted octanol–water partition coefficient (Wildman–Crippen LogP) is 1.78. The molecule has 0 saturated carbocycles. The lowest BCUT2D eigenvalue weighted by Crippen LogP contribution is -2.46. The number of nitrogens with zero attached hydrogens (tertiary/aromatic N) is 6. The van der Waals surface area contributed by atoms with Gasteiger partial charge >= 0.3 is 5.69 Å². The molecule has 36 heavy (non-hydrogen) atoms. The molecule has 0 radical (unpaired) electrons. The molecule has 0 unspecified atom stereocenters. The summed E-state index contributed by atoms with van der Waals surface area (Å²) in [5, 5.41) is 0. The highest BCUT2D eigenvalue weighted by atomic mass is 19.1. The molecule has 1 aliphatic rings. The minimum Gasteiger partial charge on any atom is -0.367 e. The van der Waals surface area contributed by atoms with Gasteiger partial charge in [0.2, 0.25) is 0 Å². The molecule has 5 rings (SSSR count). The van der Waals surface area contributed by atoms with Gasteiger partial charge in [0, 0.05) is 45.8 Å². The Bertz CT molecular complexity index is 1550. The zero-order chi connectivity index (χ0) is 25.4. The fourth-order valence-electron chi connectivity index (χ4n) is 4.70. The van der Waals surface area contributed by atoms with Crippen molar-refractivity contribution in [3.63, 3.8) is 0 Å². The van der Waals surface area contributed by atoms with Gasteiger partial charge in [-0.1, -0.05) is 42.5 Å². The van der Waals surface area contributed by atoms with Gasteiger partial charge in [0.15, 0.2) is 16.9 Å². The average molecular weight is 491 g/mol. The van der Waals surface area contributed by atoms with Gasteiger partial charge < -0.3 is 9.47 Å². The summed E-state index contributed by atoms with van der Waals surface area (Å²) in [7, 11) is 2.99. The van der Waals surface area contributed by atoms with Gasteiger partial charge in [-0.25, -0.2) is 14.2 Å². The maximum Gasteiger partial charge on any atom is 0.332 e. The summed E-state index contributed by atoms with van der Waals surface area (Å²) in [6.45, 7) is 2.88. The molecule has 0 spiro atoms. The number of carbonyl (C=O) groups excluding carboxylic acids is 1. The minimum absolute atomic E-state index is 0.0710. The highest BCUT2D eigenvalue weighted by Gasteiger charge is 2.25. The fourth-order valence-corrected chi connectivity index (χ4v) is 4.70. The second kappa shape index (κ2) is 9.54. The molecule has 0 atom stereocenters. The Hall–Kier alpha value is -4.05. The number of anilines is 1. The highest BCUT2D eigenvalue weighted by Crippen LogP contribution is 2.21. The number of halogens is 1. The van der Waals surface area contributed by atoms with E-state index in [1.54, 1.807) is 48.0 Å². The molecule has 3 heterocycles. The second-order valence-corrected chi connectivity index (χ2v) is 9.00. The molecule has 4 aromatic rings. The summed E-state index contributed by atoms with van der Waals surface area (Å²) in [6, 6.07) is 15.6. The molecule has 2 aromatic heterocycles. The standard InChI is InChI=1S/C26H27FN6O3/c1-29-24-23(25(35)30(2)26(29)36)33(16-21(34)18-8-4-3-5-9-18)22(28-24)17-31-12-14-32(15-13-31)20-11-7-6-10-19(20)27/h3-11H,12-17H2,1-2H3. The number of hydrogen-bond donors (Lipinski definition) is 0. The van der Waals surface area contributed by atoms with E-state index in [1.807, 2.05) is 17.0 Å². The fraction of sp³-hybridized carbons (Fsp3) is 0.308. The summed E-state index contributed by atoms with van der Waals surface area (Å²) in [6.07, 6.45) is 0. The normalized spacial score (nSPS) is 14.5. The van der Waals surface area contributed by atoms with Crippen LogP contribution in [0.5, 0.6) is 0 Å². The number of aromatic nitrogens is 4. The number of piperazine rings is 1. The topological polar surface area (TPSA) is 85.4 Å². The van der Waals surface area contributed by atoms with Crippen LogP contribution >= 0.6 is 0 Å². The Kier molecular flexibility index (Phi) is 6.27. The van der Waals surface area contributed by atoms with Gasteiger partial charge in [-0.3, -0.25) is 23.6 Å². The molecule has 0 amide bonds. The highest BCUT2D eigenvalue weighted by molar-refractivity contribution is 5.96. The maximum atomic E-state index is 14.2. The number of imidazole rings is 1. The Labute approximate surface area is 206 Å². The van der Waals surface area contributed by atoms with E-state index in [0.29, 0.717) is 49.8 Å². The Morgan fingerprint density at radius 2 is 1.58 bits per heavy atom. The molecule has 2 aromatic carbocycles. The number of para-hydroxylation sites is 1. The van der Waals surface area contributed by atoms with Crippen molar-refractivity contribution in [2.75, 3.05) is 31.1 Å². The first-order chi connectivity index (χ1) is 17.3. The molecule has 186 valence electrons. The third-order valence-electron chi connectivity index (χ3n) is 6.75. The van der Waals surface area contributed by atoms with Crippen molar-refractivity contribution in [2.24, 2.45) is 14.1 Å². The van der Waals surface area contributed by atoms with Crippen LogP contribution in [0.1, 0.15) is 16.2 Å².